The second kappa shape index (κ2) is 3.38. The van der Waals surface area contributed by atoms with E-state index in [-0.39, 0.29) is 6.17 Å². The first-order valence-electron chi connectivity index (χ1n) is 3.86. The third-order valence-electron chi connectivity index (χ3n) is 1.71. The van der Waals surface area contributed by atoms with Crippen LogP contribution in [0.4, 0.5) is 0 Å². The van der Waals surface area contributed by atoms with Gasteiger partial charge in [-0.3, -0.25) is 5.41 Å². The Morgan fingerprint density at radius 3 is 2.67 bits per heavy atom. The van der Waals surface area contributed by atoms with Gasteiger partial charge in [0.25, 0.3) is 0 Å². The van der Waals surface area contributed by atoms with Gasteiger partial charge in [0.1, 0.15) is 12.0 Å². The Balaban J connectivity index is 2.65. The quantitative estimate of drug-likeness (QED) is 0.446. The fourth-order valence-corrected chi connectivity index (χ4v) is 1.20. The molecule has 0 radical (unpaired) electrons. The van der Waals surface area contributed by atoms with Crippen LogP contribution in [0.1, 0.15) is 13.8 Å². The number of hydrogen-bond acceptors (Lipinski definition) is 3. The fourth-order valence-electron chi connectivity index (χ4n) is 1.20. The highest BCUT2D eigenvalue weighted by molar-refractivity contribution is 5.97. The fraction of sp³-hybridized carbons (Fsp3) is 0.500. The van der Waals surface area contributed by atoms with E-state index in [1.807, 2.05) is 31.3 Å². The van der Waals surface area contributed by atoms with Crippen LogP contribution in [0.3, 0.4) is 0 Å². The molecule has 1 atom stereocenters. The van der Waals surface area contributed by atoms with Crippen molar-refractivity contribution in [3.05, 3.63) is 12.4 Å². The molecule has 12 heavy (non-hydrogen) atoms. The minimum absolute atomic E-state index is 0.116. The molecule has 0 aromatic heterocycles. The van der Waals surface area contributed by atoms with Crippen LogP contribution < -0.4 is 5.32 Å². The normalized spacial score (nSPS) is 22.8. The van der Waals surface area contributed by atoms with E-state index >= 15 is 0 Å². The van der Waals surface area contributed by atoms with Gasteiger partial charge in [-0.2, -0.15) is 0 Å². The lowest BCUT2D eigenvalue weighted by atomic mass is 10.3. The van der Waals surface area contributed by atoms with Crippen LogP contribution >= 0.6 is 0 Å². The van der Waals surface area contributed by atoms with Gasteiger partial charge < -0.3 is 10.2 Å². The lowest BCUT2D eigenvalue weighted by Gasteiger charge is -2.20. The molecule has 1 aliphatic rings. The highest BCUT2D eigenvalue weighted by atomic mass is 15.3. The van der Waals surface area contributed by atoms with Crippen molar-refractivity contribution < 1.29 is 0 Å². The molecular formula is C8H14N4. The van der Waals surface area contributed by atoms with Crippen LogP contribution in [0.5, 0.6) is 0 Å². The van der Waals surface area contributed by atoms with Crippen LogP contribution in [0.15, 0.2) is 17.4 Å². The number of nitrogens with one attached hydrogen (secondary N) is 2. The molecule has 4 nitrogen and oxygen atoms in total. The van der Waals surface area contributed by atoms with Crippen LogP contribution in [-0.4, -0.2) is 29.7 Å². The van der Waals surface area contributed by atoms with Crippen LogP contribution in [0, 0.1) is 5.41 Å². The highest BCUT2D eigenvalue weighted by Crippen LogP contribution is 2.03. The van der Waals surface area contributed by atoms with Gasteiger partial charge in [0.05, 0.1) is 5.71 Å². The zero-order chi connectivity index (χ0) is 9.14. The molecule has 1 rings (SSSR count). The summed E-state index contributed by atoms with van der Waals surface area (Å²) in [5.74, 6) is 0.342. The lowest BCUT2D eigenvalue weighted by Crippen LogP contribution is -2.39. The van der Waals surface area contributed by atoms with Crippen molar-refractivity contribution in [3.63, 3.8) is 0 Å². The van der Waals surface area contributed by atoms with Gasteiger partial charge in [-0.1, -0.05) is 0 Å². The van der Waals surface area contributed by atoms with Gasteiger partial charge in [-0.25, -0.2) is 4.99 Å². The van der Waals surface area contributed by atoms with Crippen LogP contribution in [0.2, 0.25) is 0 Å². The second-order valence-corrected chi connectivity index (χ2v) is 2.89. The maximum absolute atomic E-state index is 7.20. The maximum Gasteiger partial charge on any atom is 0.138 e. The molecule has 0 aliphatic carbocycles. The predicted molar refractivity (Wildman–Crippen MR) is 50.3 cm³/mol. The van der Waals surface area contributed by atoms with E-state index in [1.165, 1.54) is 0 Å². The number of amidine groups is 1. The van der Waals surface area contributed by atoms with Crippen LogP contribution in [-0.2, 0) is 0 Å². The molecule has 0 fully saturated rings. The summed E-state index contributed by atoms with van der Waals surface area (Å²) >= 11 is 0. The van der Waals surface area contributed by atoms with Crippen molar-refractivity contribution in [3.8, 4) is 0 Å². The summed E-state index contributed by atoms with van der Waals surface area (Å²) in [4.78, 5) is 6.08. The molecule has 66 valence electrons. The van der Waals surface area contributed by atoms with E-state index < -0.39 is 0 Å². The first-order valence-corrected chi connectivity index (χ1v) is 3.86. The summed E-state index contributed by atoms with van der Waals surface area (Å²) in [5.41, 5.74) is 0.912. The Morgan fingerprint density at radius 1 is 1.58 bits per heavy atom. The topological polar surface area (TPSA) is 51.5 Å². The number of aliphatic imine (C=N–C) groups is 1. The molecule has 1 unspecified atom stereocenters. The largest absolute Gasteiger partial charge is 0.365 e. The van der Waals surface area contributed by atoms with Crippen molar-refractivity contribution in [2.24, 2.45) is 4.99 Å². The third kappa shape index (κ3) is 1.84. The van der Waals surface area contributed by atoms with E-state index in [1.54, 1.807) is 6.92 Å². The second-order valence-electron chi connectivity index (χ2n) is 2.89. The summed E-state index contributed by atoms with van der Waals surface area (Å²) < 4.78 is 0. The van der Waals surface area contributed by atoms with E-state index in [0.717, 1.165) is 5.71 Å². The average Bonchev–Trinajstić information content (AvgIpc) is 2.33. The van der Waals surface area contributed by atoms with Gasteiger partial charge >= 0.3 is 0 Å². The van der Waals surface area contributed by atoms with Crippen LogP contribution in [0.25, 0.3) is 0 Å². The molecule has 0 aromatic rings. The van der Waals surface area contributed by atoms with Crippen molar-refractivity contribution in [1.29, 1.82) is 5.41 Å². The maximum atomic E-state index is 7.20. The van der Waals surface area contributed by atoms with Gasteiger partial charge in [0, 0.05) is 19.4 Å². The Labute approximate surface area is 72.5 Å². The zero-order valence-electron chi connectivity index (χ0n) is 7.63. The third-order valence-corrected chi connectivity index (χ3v) is 1.71. The highest BCUT2D eigenvalue weighted by Gasteiger charge is 2.17. The Bertz CT molecular complexity index is 241. The molecule has 0 saturated heterocycles. The monoisotopic (exact) mass is 166 g/mol. The molecule has 0 amide bonds. The molecule has 0 saturated carbocycles. The van der Waals surface area contributed by atoms with E-state index in [4.69, 9.17) is 5.41 Å². The molecule has 0 bridgehead atoms. The zero-order valence-corrected chi connectivity index (χ0v) is 7.63. The summed E-state index contributed by atoms with van der Waals surface area (Å²) in [6, 6.07) is 0. The Kier molecular flexibility index (Phi) is 2.47. The minimum Gasteiger partial charge on any atom is -0.365 e. The van der Waals surface area contributed by atoms with Crippen molar-refractivity contribution >= 4 is 11.5 Å². The first-order chi connectivity index (χ1) is 5.61. The summed E-state index contributed by atoms with van der Waals surface area (Å²) in [6.45, 7) is 3.59. The van der Waals surface area contributed by atoms with Gasteiger partial charge in [-0.15, -0.1) is 0 Å². The molecule has 2 N–H and O–H groups in total. The molecule has 0 spiro atoms. The van der Waals surface area contributed by atoms with E-state index in [2.05, 4.69) is 10.3 Å². The molecular weight excluding hydrogens is 152 g/mol. The molecule has 1 aliphatic heterocycles. The summed E-state index contributed by atoms with van der Waals surface area (Å²) in [5, 5.41) is 10.3. The predicted octanol–water partition coefficient (Wildman–Crippen LogP) is 0.777. The van der Waals surface area contributed by atoms with E-state index in [9.17, 15) is 0 Å². The molecule has 1 heterocycles. The number of rotatable bonds is 1. The summed E-state index contributed by atoms with van der Waals surface area (Å²) in [7, 11) is 1.97. The Hall–Kier alpha value is -1.32. The number of nitrogens with zero attached hydrogens (tertiary/aromatic N) is 2. The van der Waals surface area contributed by atoms with Gasteiger partial charge in [-0.05, 0) is 13.8 Å². The van der Waals surface area contributed by atoms with Crippen molar-refractivity contribution in [2.45, 2.75) is 20.0 Å². The minimum atomic E-state index is 0.116. The summed E-state index contributed by atoms with van der Waals surface area (Å²) in [6.07, 6.45) is 3.94. The smallest absolute Gasteiger partial charge is 0.138 e. The molecule has 4 heteroatoms. The van der Waals surface area contributed by atoms with Gasteiger partial charge in [0.15, 0.2) is 0 Å². The lowest BCUT2D eigenvalue weighted by molar-refractivity contribution is 0.411. The van der Waals surface area contributed by atoms with E-state index in [0.29, 0.717) is 5.84 Å². The average molecular weight is 166 g/mol. The number of hydrogen-bond donors (Lipinski definition) is 2. The Morgan fingerprint density at radius 2 is 2.25 bits per heavy atom. The van der Waals surface area contributed by atoms with Gasteiger partial charge in [0.2, 0.25) is 0 Å². The van der Waals surface area contributed by atoms with Crippen molar-refractivity contribution in [1.82, 2.24) is 10.2 Å². The van der Waals surface area contributed by atoms with Crippen molar-refractivity contribution in [2.75, 3.05) is 7.05 Å². The standard InChI is InChI=1S/C8H14N4/c1-6(11-7(2)9)8-10-4-5-12(8)3/h4-5,8-10H,1-3H3. The first kappa shape index (κ1) is 8.77. The molecule has 0 aromatic carbocycles. The SMILES string of the molecule is CC(=N)N=C(C)C1NC=CN1C.